The fourth-order valence-corrected chi connectivity index (χ4v) is 4.30. The Bertz CT molecular complexity index is 795. The summed E-state index contributed by atoms with van der Waals surface area (Å²) in [6.45, 7) is 7.91. The topological polar surface area (TPSA) is 81.5 Å². The maximum Gasteiger partial charge on any atom is 0.271 e. The second-order valence-corrected chi connectivity index (χ2v) is 7.56. The van der Waals surface area contributed by atoms with Gasteiger partial charge >= 0.3 is 0 Å². The normalized spacial score (nSPS) is 21.4. The molecule has 27 heavy (non-hydrogen) atoms. The van der Waals surface area contributed by atoms with Crippen LogP contribution in [0.5, 0.6) is 0 Å². The molecule has 0 saturated carbocycles. The van der Waals surface area contributed by atoms with Crippen molar-refractivity contribution in [2.75, 3.05) is 49.9 Å². The van der Waals surface area contributed by atoms with Gasteiger partial charge in [-0.1, -0.05) is 18.2 Å². The van der Waals surface area contributed by atoms with E-state index in [0.29, 0.717) is 17.6 Å². The number of hydrogen-bond donors (Lipinski definition) is 2. The first-order chi connectivity index (χ1) is 13.1. The molecule has 4 rings (SSSR count). The highest BCUT2D eigenvalue weighted by Gasteiger charge is 2.31. The Hall–Kier alpha value is -2.54. The first kappa shape index (κ1) is 17.9. The van der Waals surface area contributed by atoms with E-state index < -0.39 is 0 Å². The Morgan fingerprint density at radius 2 is 1.96 bits per heavy atom. The Labute approximate surface area is 160 Å². The molecule has 0 aliphatic carbocycles. The molecule has 1 atom stereocenters. The SMILES string of the molecule is Cc1ccccc1N1CCN([C@H]2CCCN(C(=O)c3cc(N)n[nH]3)C2)CC1. The van der Waals surface area contributed by atoms with Crippen molar-refractivity contribution < 1.29 is 4.79 Å². The van der Waals surface area contributed by atoms with Crippen LogP contribution in [0.2, 0.25) is 0 Å². The summed E-state index contributed by atoms with van der Waals surface area (Å²) < 4.78 is 0. The third-order valence-electron chi connectivity index (χ3n) is 5.80. The quantitative estimate of drug-likeness (QED) is 0.862. The second-order valence-electron chi connectivity index (χ2n) is 7.56. The van der Waals surface area contributed by atoms with E-state index in [4.69, 9.17) is 5.73 Å². The summed E-state index contributed by atoms with van der Waals surface area (Å²) in [6, 6.07) is 10.6. The standard InChI is InChI=1S/C20H28N6O/c1-15-5-2-3-7-18(15)25-11-9-24(10-12-25)16-6-4-8-26(14-16)20(27)17-13-19(21)23-22-17/h2-3,5,7,13,16H,4,6,8-12,14H2,1H3,(H3,21,22,23)/t16-/m0/s1. The fraction of sp³-hybridized carbons (Fsp3) is 0.500. The lowest BCUT2D eigenvalue weighted by Crippen LogP contribution is -2.56. The van der Waals surface area contributed by atoms with E-state index in [2.05, 4.69) is 51.2 Å². The number of likely N-dealkylation sites (tertiary alicyclic amines) is 1. The van der Waals surface area contributed by atoms with Crippen LogP contribution < -0.4 is 10.6 Å². The summed E-state index contributed by atoms with van der Waals surface area (Å²) in [7, 11) is 0. The molecule has 0 bridgehead atoms. The van der Waals surface area contributed by atoms with Crippen LogP contribution in [0.15, 0.2) is 30.3 Å². The number of nitrogen functional groups attached to an aromatic ring is 1. The molecule has 2 saturated heterocycles. The lowest BCUT2D eigenvalue weighted by molar-refractivity contribution is 0.0558. The molecule has 7 nitrogen and oxygen atoms in total. The Morgan fingerprint density at radius 3 is 2.67 bits per heavy atom. The number of aromatic amines is 1. The molecule has 3 heterocycles. The van der Waals surface area contributed by atoms with Gasteiger partial charge in [-0.3, -0.25) is 14.8 Å². The number of H-pyrrole nitrogens is 1. The third-order valence-corrected chi connectivity index (χ3v) is 5.80. The average Bonchev–Trinajstić information content (AvgIpc) is 3.14. The molecule has 2 fully saturated rings. The summed E-state index contributed by atoms with van der Waals surface area (Å²) in [5, 5.41) is 6.61. The maximum atomic E-state index is 12.7. The van der Waals surface area contributed by atoms with Crippen LogP contribution in [0, 0.1) is 6.92 Å². The number of para-hydroxylation sites is 1. The number of aryl methyl sites for hydroxylation is 1. The van der Waals surface area contributed by atoms with E-state index in [9.17, 15) is 4.79 Å². The molecule has 2 aliphatic rings. The molecule has 0 spiro atoms. The molecular weight excluding hydrogens is 340 g/mol. The number of piperazine rings is 1. The van der Waals surface area contributed by atoms with Crippen LogP contribution in [-0.4, -0.2) is 71.2 Å². The summed E-state index contributed by atoms with van der Waals surface area (Å²) in [6.07, 6.45) is 2.19. The van der Waals surface area contributed by atoms with Crippen LogP contribution in [0.1, 0.15) is 28.9 Å². The predicted molar refractivity (Wildman–Crippen MR) is 107 cm³/mol. The van der Waals surface area contributed by atoms with Crippen LogP contribution in [0.3, 0.4) is 0 Å². The maximum absolute atomic E-state index is 12.7. The van der Waals surface area contributed by atoms with Gasteiger partial charge in [0.25, 0.3) is 5.91 Å². The Kier molecular flexibility index (Phi) is 5.03. The van der Waals surface area contributed by atoms with Crippen molar-refractivity contribution in [3.05, 3.63) is 41.6 Å². The lowest BCUT2D eigenvalue weighted by Gasteiger charge is -2.44. The number of nitrogens with two attached hydrogens (primary N) is 1. The zero-order valence-corrected chi connectivity index (χ0v) is 15.9. The van der Waals surface area contributed by atoms with Gasteiger partial charge in [0, 0.05) is 57.1 Å². The smallest absolute Gasteiger partial charge is 0.271 e. The number of nitrogens with zero attached hydrogens (tertiary/aromatic N) is 4. The molecular formula is C20H28N6O. The molecule has 3 N–H and O–H groups in total. The highest BCUT2D eigenvalue weighted by atomic mass is 16.2. The number of carbonyl (C=O) groups is 1. The van der Waals surface area contributed by atoms with Gasteiger partial charge in [0.2, 0.25) is 0 Å². The van der Waals surface area contributed by atoms with Gasteiger partial charge in [0.05, 0.1) is 0 Å². The van der Waals surface area contributed by atoms with E-state index in [0.717, 1.165) is 52.1 Å². The number of hydrogen-bond acceptors (Lipinski definition) is 5. The number of carbonyl (C=O) groups excluding carboxylic acids is 1. The fourth-order valence-electron chi connectivity index (χ4n) is 4.30. The van der Waals surface area contributed by atoms with Crippen molar-refractivity contribution in [2.45, 2.75) is 25.8 Å². The number of piperidine rings is 1. The first-order valence-corrected chi connectivity index (χ1v) is 9.76. The van der Waals surface area contributed by atoms with E-state index in [1.807, 2.05) is 4.90 Å². The van der Waals surface area contributed by atoms with E-state index in [-0.39, 0.29) is 5.91 Å². The van der Waals surface area contributed by atoms with Gasteiger partial charge in [-0.2, -0.15) is 5.10 Å². The molecule has 144 valence electrons. The van der Waals surface area contributed by atoms with Crippen molar-refractivity contribution in [2.24, 2.45) is 0 Å². The van der Waals surface area contributed by atoms with Crippen molar-refractivity contribution in [1.82, 2.24) is 20.0 Å². The zero-order valence-electron chi connectivity index (χ0n) is 15.9. The van der Waals surface area contributed by atoms with Gasteiger partial charge in [0.15, 0.2) is 0 Å². The summed E-state index contributed by atoms with van der Waals surface area (Å²) in [4.78, 5) is 19.7. The van der Waals surface area contributed by atoms with Crippen molar-refractivity contribution in [3.8, 4) is 0 Å². The predicted octanol–water partition coefficient (Wildman–Crippen LogP) is 1.73. The van der Waals surface area contributed by atoms with Crippen LogP contribution in [-0.2, 0) is 0 Å². The van der Waals surface area contributed by atoms with Gasteiger partial charge in [0.1, 0.15) is 11.5 Å². The minimum absolute atomic E-state index is 0.00227. The minimum Gasteiger partial charge on any atom is -0.382 e. The van der Waals surface area contributed by atoms with Crippen LogP contribution in [0.4, 0.5) is 11.5 Å². The van der Waals surface area contributed by atoms with Gasteiger partial charge in [-0.05, 0) is 31.4 Å². The number of aromatic nitrogens is 2. The molecule has 1 aromatic carbocycles. The van der Waals surface area contributed by atoms with Gasteiger partial charge < -0.3 is 15.5 Å². The van der Waals surface area contributed by atoms with E-state index in [1.165, 1.54) is 11.3 Å². The van der Waals surface area contributed by atoms with Gasteiger partial charge in [-0.25, -0.2) is 0 Å². The number of amides is 1. The minimum atomic E-state index is 0.00227. The molecule has 1 aromatic heterocycles. The van der Waals surface area contributed by atoms with Gasteiger partial charge in [-0.15, -0.1) is 0 Å². The molecule has 1 amide bonds. The summed E-state index contributed by atoms with van der Waals surface area (Å²) >= 11 is 0. The van der Waals surface area contributed by atoms with Crippen LogP contribution >= 0.6 is 0 Å². The summed E-state index contributed by atoms with van der Waals surface area (Å²) in [5.41, 5.74) is 8.79. The highest BCUT2D eigenvalue weighted by molar-refractivity contribution is 5.93. The van der Waals surface area contributed by atoms with E-state index >= 15 is 0 Å². The number of anilines is 2. The molecule has 2 aromatic rings. The summed E-state index contributed by atoms with van der Waals surface area (Å²) in [5.74, 6) is 0.363. The highest BCUT2D eigenvalue weighted by Crippen LogP contribution is 2.24. The average molecular weight is 368 g/mol. The number of nitrogens with one attached hydrogen (secondary N) is 1. The molecule has 0 radical (unpaired) electrons. The van der Waals surface area contributed by atoms with E-state index in [1.54, 1.807) is 6.07 Å². The Morgan fingerprint density at radius 1 is 1.19 bits per heavy atom. The van der Waals surface area contributed by atoms with Crippen LogP contribution in [0.25, 0.3) is 0 Å². The Balaban J connectivity index is 1.36. The van der Waals surface area contributed by atoms with Crippen molar-refractivity contribution in [3.63, 3.8) is 0 Å². The zero-order chi connectivity index (χ0) is 18.8. The largest absolute Gasteiger partial charge is 0.382 e. The second kappa shape index (κ2) is 7.60. The monoisotopic (exact) mass is 368 g/mol. The van der Waals surface area contributed by atoms with Crippen molar-refractivity contribution >= 4 is 17.4 Å². The first-order valence-electron chi connectivity index (χ1n) is 9.76. The number of rotatable bonds is 3. The van der Waals surface area contributed by atoms with Crippen molar-refractivity contribution in [1.29, 1.82) is 0 Å². The molecule has 7 heteroatoms. The third kappa shape index (κ3) is 3.78. The lowest BCUT2D eigenvalue weighted by atomic mass is 10.0. The number of benzene rings is 1. The molecule has 2 aliphatic heterocycles. The molecule has 0 unspecified atom stereocenters.